The summed E-state index contributed by atoms with van der Waals surface area (Å²) in [4.78, 5) is 0. The second-order valence-corrected chi connectivity index (χ2v) is 4.80. The molecule has 0 unspecified atom stereocenters. The number of hydrogen-bond acceptors (Lipinski definition) is 4. The first-order chi connectivity index (χ1) is 4.38. The summed E-state index contributed by atoms with van der Waals surface area (Å²) in [6, 6.07) is 1.79. The van der Waals surface area contributed by atoms with Crippen LogP contribution in [0.3, 0.4) is 0 Å². The Morgan fingerprint density at radius 2 is 2.11 bits per heavy atom. The fourth-order valence-electron chi connectivity index (χ4n) is 0.416. The second kappa shape index (κ2) is 3.40. The Morgan fingerprint density at radius 3 is 2.22 bits per heavy atom. The minimum absolute atomic E-state index is 0.363. The minimum Gasteiger partial charge on any atom is -0.431 e. The van der Waals surface area contributed by atoms with Gasteiger partial charge in [-0.1, -0.05) is 0 Å². The SMILES string of the molecule is [S]=[Mo]=[S].c1cc2c(o1)O2. The molecule has 48 valence electrons. The van der Waals surface area contributed by atoms with Gasteiger partial charge in [-0.05, 0) is 0 Å². The average molecular weight is 242 g/mol. The smallest absolute Gasteiger partial charge is 0.335 e. The molecule has 0 amide bonds. The van der Waals surface area contributed by atoms with Gasteiger partial charge in [-0.15, -0.1) is 0 Å². The van der Waals surface area contributed by atoms with Gasteiger partial charge in [0.15, 0.2) is 0 Å². The maximum Gasteiger partial charge on any atom is 0.335 e. The van der Waals surface area contributed by atoms with Crippen molar-refractivity contribution in [2.24, 2.45) is 0 Å². The minimum atomic E-state index is -0.363. The Balaban J connectivity index is 0.000000120. The van der Waals surface area contributed by atoms with E-state index in [4.69, 9.17) is 4.42 Å². The molecule has 2 rings (SSSR count). The quantitative estimate of drug-likeness (QED) is 0.524. The monoisotopic (exact) mass is 244 g/mol. The number of rotatable bonds is 0. The van der Waals surface area contributed by atoms with Crippen molar-refractivity contribution in [3.8, 4) is 11.7 Å². The summed E-state index contributed by atoms with van der Waals surface area (Å²) in [6.45, 7) is 0. The van der Waals surface area contributed by atoms with Crippen LogP contribution >= 0.6 is 19.6 Å². The van der Waals surface area contributed by atoms with Gasteiger partial charge < -0.3 is 9.15 Å². The van der Waals surface area contributed by atoms with Crippen molar-refractivity contribution >= 4 is 19.6 Å². The van der Waals surface area contributed by atoms with E-state index in [1.165, 1.54) is 0 Å². The molecule has 0 fully saturated rings. The Kier molecular flexibility index (Phi) is 2.76. The summed E-state index contributed by atoms with van der Waals surface area (Å²) in [5.74, 6) is 1.56. The molecule has 9 heavy (non-hydrogen) atoms. The van der Waals surface area contributed by atoms with Crippen LogP contribution in [0.2, 0.25) is 0 Å². The van der Waals surface area contributed by atoms with Gasteiger partial charge in [0.2, 0.25) is 5.75 Å². The molecule has 0 bridgehead atoms. The zero-order valence-electron chi connectivity index (χ0n) is 4.20. The largest absolute Gasteiger partial charge is 0.431 e. The van der Waals surface area contributed by atoms with E-state index in [1.54, 1.807) is 12.3 Å². The molecular weight excluding hydrogens is 240 g/mol. The Morgan fingerprint density at radius 1 is 1.44 bits per heavy atom. The molecular formula is C4H2MoO2S2. The summed E-state index contributed by atoms with van der Waals surface area (Å²) in [6.07, 6.45) is 1.61. The van der Waals surface area contributed by atoms with Crippen molar-refractivity contribution in [3.05, 3.63) is 12.3 Å². The van der Waals surface area contributed by atoms with Crippen molar-refractivity contribution < 1.29 is 24.1 Å². The Labute approximate surface area is 67.6 Å². The summed E-state index contributed by atoms with van der Waals surface area (Å²) >= 11 is -0.363. The van der Waals surface area contributed by atoms with Crippen molar-refractivity contribution in [3.63, 3.8) is 0 Å². The second-order valence-electron chi connectivity index (χ2n) is 1.24. The van der Waals surface area contributed by atoms with Crippen LogP contribution in [0.15, 0.2) is 16.7 Å². The molecule has 1 aromatic heterocycles. The fourth-order valence-corrected chi connectivity index (χ4v) is 0.416. The standard InChI is InChI=1S/C4H2O2.Mo.2S/c1-2-5-4-3(1)6-4;;;/h1-2H;;;. The molecule has 5 heteroatoms. The third-order valence-electron chi connectivity index (χ3n) is 0.757. The van der Waals surface area contributed by atoms with Gasteiger partial charge in [0, 0.05) is 6.07 Å². The first-order valence-corrected chi connectivity index (χ1v) is 7.64. The molecule has 0 saturated heterocycles. The molecule has 0 aliphatic carbocycles. The Hall–Kier alpha value is 0.208. The predicted octanol–water partition coefficient (Wildman–Crippen LogP) is 2.68. The molecule has 0 atom stereocenters. The van der Waals surface area contributed by atoms with Gasteiger partial charge in [-0.2, -0.15) is 0 Å². The van der Waals surface area contributed by atoms with Gasteiger partial charge in [0.1, 0.15) is 0 Å². The molecule has 1 aliphatic heterocycles. The van der Waals surface area contributed by atoms with Gasteiger partial charge in [0.25, 0.3) is 0 Å². The molecule has 1 aliphatic rings. The number of hydrogen-bond donors (Lipinski definition) is 0. The Bertz CT molecular complexity index is 222. The molecule has 0 N–H and O–H groups in total. The van der Waals surface area contributed by atoms with E-state index in [2.05, 4.69) is 24.4 Å². The van der Waals surface area contributed by atoms with Crippen LogP contribution in [0, 0.1) is 0 Å². The summed E-state index contributed by atoms with van der Waals surface area (Å²) in [7, 11) is 8.68. The number of fused-ring (bicyclic) bond motifs is 1. The maximum absolute atomic E-state index is 4.70. The van der Waals surface area contributed by atoms with Crippen molar-refractivity contribution in [1.29, 1.82) is 0 Å². The zero-order chi connectivity index (χ0) is 6.69. The summed E-state index contributed by atoms with van der Waals surface area (Å²) < 4.78 is 9.38. The normalized spacial score (nSPS) is 9.78. The molecule has 2 nitrogen and oxygen atoms in total. The van der Waals surface area contributed by atoms with Crippen LogP contribution in [-0.2, 0) is 14.9 Å². The average Bonchev–Trinajstić information content (AvgIpc) is 2.43. The number of furan rings is 1. The third-order valence-corrected chi connectivity index (χ3v) is 0.757. The van der Waals surface area contributed by atoms with Crippen LogP contribution in [0.1, 0.15) is 0 Å². The first-order valence-electron chi connectivity index (χ1n) is 2.05. The molecule has 0 radical (unpaired) electrons. The predicted molar refractivity (Wildman–Crippen MR) is 34.0 cm³/mol. The van der Waals surface area contributed by atoms with Gasteiger partial charge in [-0.3, -0.25) is 0 Å². The van der Waals surface area contributed by atoms with Gasteiger partial charge in [0.05, 0.1) is 6.26 Å². The van der Waals surface area contributed by atoms with Crippen LogP contribution in [-0.4, -0.2) is 0 Å². The maximum atomic E-state index is 4.70. The summed E-state index contributed by atoms with van der Waals surface area (Å²) in [5.41, 5.74) is 0. The van der Waals surface area contributed by atoms with E-state index in [1.807, 2.05) is 0 Å². The molecule has 0 aromatic carbocycles. The van der Waals surface area contributed by atoms with Crippen LogP contribution < -0.4 is 4.74 Å². The van der Waals surface area contributed by atoms with E-state index in [9.17, 15) is 0 Å². The van der Waals surface area contributed by atoms with Crippen LogP contribution in [0.5, 0.6) is 11.7 Å². The van der Waals surface area contributed by atoms with E-state index >= 15 is 0 Å². The van der Waals surface area contributed by atoms with Crippen molar-refractivity contribution in [2.45, 2.75) is 0 Å². The summed E-state index contributed by atoms with van der Waals surface area (Å²) in [5, 5.41) is 0. The van der Waals surface area contributed by atoms with E-state index < -0.39 is 0 Å². The molecule has 2 heterocycles. The van der Waals surface area contributed by atoms with Gasteiger partial charge in [-0.25, -0.2) is 0 Å². The van der Waals surface area contributed by atoms with Crippen molar-refractivity contribution in [2.75, 3.05) is 0 Å². The zero-order valence-corrected chi connectivity index (χ0v) is 7.84. The van der Waals surface area contributed by atoms with Crippen molar-refractivity contribution in [1.82, 2.24) is 0 Å². The topological polar surface area (TPSA) is 25.7 Å². The first kappa shape index (κ1) is 7.32. The van der Waals surface area contributed by atoms with Crippen LogP contribution in [0.4, 0.5) is 0 Å². The van der Waals surface area contributed by atoms with Crippen LogP contribution in [0.25, 0.3) is 0 Å². The van der Waals surface area contributed by atoms with E-state index in [-0.39, 0.29) is 14.9 Å². The fraction of sp³-hybridized carbons (Fsp3) is 0. The molecule has 0 spiro atoms. The molecule has 1 aromatic rings. The third kappa shape index (κ3) is 2.12. The number of ether oxygens (including phenoxy) is 1. The van der Waals surface area contributed by atoms with E-state index in [0.717, 1.165) is 5.75 Å². The molecule has 0 saturated carbocycles. The van der Waals surface area contributed by atoms with E-state index in [0.29, 0.717) is 5.95 Å². The van der Waals surface area contributed by atoms with Gasteiger partial charge >= 0.3 is 40.5 Å².